The Morgan fingerprint density at radius 1 is 1.64 bits per heavy atom. The van der Waals surface area contributed by atoms with Crippen LogP contribution in [-0.4, -0.2) is 16.7 Å². The molecule has 4 nitrogen and oxygen atoms in total. The molecule has 0 aromatic rings. The Bertz CT molecular complexity index is 173. The van der Waals surface area contributed by atoms with E-state index in [9.17, 15) is 0 Å². The van der Waals surface area contributed by atoms with Crippen LogP contribution in [0.3, 0.4) is 0 Å². The molecule has 0 aromatic carbocycles. The van der Waals surface area contributed by atoms with Crippen molar-refractivity contribution >= 4 is 5.96 Å². The van der Waals surface area contributed by atoms with Crippen LogP contribution < -0.4 is 11.2 Å². The quantitative estimate of drug-likeness (QED) is 0.310. The van der Waals surface area contributed by atoms with Crippen LogP contribution in [0, 0.1) is 5.92 Å². The van der Waals surface area contributed by atoms with Crippen molar-refractivity contribution in [2.45, 2.75) is 32.2 Å². The maximum Gasteiger partial charge on any atom is 0.213 e. The van der Waals surface area contributed by atoms with Crippen molar-refractivity contribution in [3.8, 4) is 0 Å². The Morgan fingerprint density at radius 3 is 2.45 bits per heavy atom. The number of nitrogens with one attached hydrogen (secondary N) is 1. The van der Waals surface area contributed by atoms with Crippen molar-refractivity contribution in [1.29, 1.82) is 0 Å². The lowest BCUT2D eigenvalue weighted by molar-refractivity contribution is 0.231. The lowest BCUT2D eigenvalue weighted by atomic mass is 10.0. The fourth-order valence-electron chi connectivity index (χ4n) is 1.21. The van der Waals surface area contributed by atoms with E-state index < -0.39 is 0 Å². The zero-order valence-electron chi connectivity index (χ0n) is 6.96. The molecular weight excluding hydrogens is 142 g/mol. The predicted octanol–water partition coefficient (Wildman–Crippen LogP) is 0.469. The van der Waals surface area contributed by atoms with Gasteiger partial charge >= 0.3 is 0 Å². The summed E-state index contributed by atoms with van der Waals surface area (Å²) in [4.78, 5) is 4.17. The highest BCUT2D eigenvalue weighted by Crippen LogP contribution is 2.45. The second-order valence-electron chi connectivity index (χ2n) is 3.37. The number of nitrogens with zero attached hydrogens (tertiary/aromatic N) is 1. The van der Waals surface area contributed by atoms with Gasteiger partial charge in [-0.05, 0) is 18.8 Å². The molecule has 1 rings (SSSR count). The van der Waals surface area contributed by atoms with E-state index in [1.54, 1.807) is 0 Å². The van der Waals surface area contributed by atoms with Gasteiger partial charge in [-0.3, -0.25) is 5.21 Å². The molecule has 4 heteroatoms. The smallest absolute Gasteiger partial charge is 0.213 e. The molecule has 0 radical (unpaired) electrons. The van der Waals surface area contributed by atoms with Gasteiger partial charge in [-0.1, -0.05) is 13.8 Å². The molecule has 0 heterocycles. The molecule has 0 bridgehead atoms. The molecule has 0 atom stereocenters. The zero-order valence-corrected chi connectivity index (χ0v) is 6.96. The van der Waals surface area contributed by atoms with Crippen LogP contribution in [0.2, 0.25) is 0 Å². The van der Waals surface area contributed by atoms with Gasteiger partial charge in [0.05, 0.1) is 5.54 Å². The fraction of sp³-hybridized carbons (Fsp3) is 0.857. The summed E-state index contributed by atoms with van der Waals surface area (Å²) in [5.74, 6) is 0.616. The summed E-state index contributed by atoms with van der Waals surface area (Å²) in [7, 11) is 0. The van der Waals surface area contributed by atoms with Crippen molar-refractivity contribution in [3.63, 3.8) is 0 Å². The van der Waals surface area contributed by atoms with E-state index in [4.69, 9.17) is 10.9 Å². The lowest BCUT2D eigenvalue weighted by Gasteiger charge is -2.14. The highest BCUT2D eigenvalue weighted by Gasteiger charge is 2.45. The van der Waals surface area contributed by atoms with Gasteiger partial charge in [-0.2, -0.15) is 0 Å². The number of aliphatic imine (C=N–C) groups is 1. The molecule has 1 aliphatic rings. The summed E-state index contributed by atoms with van der Waals surface area (Å²) in [6.45, 7) is 4.22. The second-order valence-corrected chi connectivity index (χ2v) is 3.37. The molecule has 4 N–H and O–H groups in total. The minimum Gasteiger partial charge on any atom is -0.368 e. The van der Waals surface area contributed by atoms with E-state index in [-0.39, 0.29) is 11.5 Å². The van der Waals surface area contributed by atoms with E-state index in [0.717, 1.165) is 12.8 Å². The SMILES string of the molecule is CC(C)C1(N=C(N)NO)CC1. The van der Waals surface area contributed by atoms with Crippen LogP contribution in [0.15, 0.2) is 4.99 Å². The largest absolute Gasteiger partial charge is 0.368 e. The average molecular weight is 157 g/mol. The van der Waals surface area contributed by atoms with Crippen molar-refractivity contribution in [2.75, 3.05) is 0 Å². The summed E-state index contributed by atoms with van der Waals surface area (Å²) in [6.07, 6.45) is 2.15. The van der Waals surface area contributed by atoms with Crippen molar-refractivity contribution in [2.24, 2.45) is 16.6 Å². The number of nitrogens with two attached hydrogens (primary N) is 1. The number of guanidine groups is 1. The Balaban J connectivity index is 2.60. The first kappa shape index (κ1) is 8.33. The third-order valence-corrected chi connectivity index (χ3v) is 2.29. The molecule has 64 valence electrons. The molecule has 0 aromatic heterocycles. The van der Waals surface area contributed by atoms with E-state index in [1.165, 1.54) is 0 Å². The van der Waals surface area contributed by atoms with E-state index in [0.29, 0.717) is 5.92 Å². The Labute approximate surface area is 66.5 Å². The molecule has 0 amide bonds. The van der Waals surface area contributed by atoms with Gasteiger partial charge < -0.3 is 5.73 Å². The third-order valence-electron chi connectivity index (χ3n) is 2.29. The molecule has 11 heavy (non-hydrogen) atoms. The van der Waals surface area contributed by atoms with E-state index >= 15 is 0 Å². The number of hydrogen-bond donors (Lipinski definition) is 3. The Kier molecular flexibility index (Phi) is 2.04. The van der Waals surface area contributed by atoms with Crippen LogP contribution in [-0.2, 0) is 0 Å². The molecule has 1 saturated carbocycles. The van der Waals surface area contributed by atoms with Crippen LogP contribution in [0.5, 0.6) is 0 Å². The maximum absolute atomic E-state index is 8.40. The first-order chi connectivity index (χ1) is 5.10. The molecule has 0 saturated heterocycles. The van der Waals surface area contributed by atoms with Crippen molar-refractivity contribution in [1.82, 2.24) is 5.48 Å². The summed E-state index contributed by atoms with van der Waals surface area (Å²) < 4.78 is 0. The zero-order chi connectivity index (χ0) is 8.48. The average Bonchev–Trinajstić information content (AvgIpc) is 2.69. The van der Waals surface area contributed by atoms with Crippen LogP contribution >= 0.6 is 0 Å². The Morgan fingerprint density at radius 2 is 2.18 bits per heavy atom. The van der Waals surface area contributed by atoms with Crippen molar-refractivity contribution in [3.05, 3.63) is 0 Å². The minimum atomic E-state index is 0.0137. The highest BCUT2D eigenvalue weighted by atomic mass is 16.5. The second kappa shape index (κ2) is 2.70. The first-order valence-electron chi connectivity index (χ1n) is 3.86. The Hall–Kier alpha value is -0.770. The van der Waals surface area contributed by atoms with Crippen LogP contribution in [0.1, 0.15) is 26.7 Å². The maximum atomic E-state index is 8.40. The van der Waals surface area contributed by atoms with Gasteiger partial charge in [0, 0.05) is 0 Å². The molecule has 0 unspecified atom stereocenters. The summed E-state index contributed by atoms with van der Waals surface area (Å²) in [5.41, 5.74) is 7.18. The van der Waals surface area contributed by atoms with Gasteiger partial charge in [0.25, 0.3) is 0 Å². The van der Waals surface area contributed by atoms with E-state index in [1.807, 2.05) is 5.48 Å². The highest BCUT2D eigenvalue weighted by molar-refractivity contribution is 5.77. The molecule has 1 aliphatic carbocycles. The summed E-state index contributed by atoms with van der Waals surface area (Å²) in [6, 6.07) is 0. The summed E-state index contributed by atoms with van der Waals surface area (Å²) in [5, 5.41) is 8.40. The third kappa shape index (κ3) is 1.63. The lowest BCUT2D eigenvalue weighted by Crippen LogP contribution is -2.32. The van der Waals surface area contributed by atoms with Crippen molar-refractivity contribution < 1.29 is 5.21 Å². The molecule has 0 spiro atoms. The monoisotopic (exact) mass is 157 g/mol. The van der Waals surface area contributed by atoms with Gasteiger partial charge in [-0.15, -0.1) is 0 Å². The van der Waals surface area contributed by atoms with Crippen LogP contribution in [0.4, 0.5) is 0 Å². The topological polar surface area (TPSA) is 70.6 Å². The predicted molar refractivity (Wildman–Crippen MR) is 43.3 cm³/mol. The normalized spacial score (nSPS) is 22.0. The molecule has 0 aliphatic heterocycles. The number of rotatable bonds is 2. The van der Waals surface area contributed by atoms with Gasteiger partial charge in [0.1, 0.15) is 0 Å². The minimum absolute atomic E-state index is 0.0137. The number of hydroxylamine groups is 1. The molecule has 1 fully saturated rings. The van der Waals surface area contributed by atoms with Gasteiger partial charge in [-0.25, -0.2) is 10.5 Å². The summed E-state index contributed by atoms with van der Waals surface area (Å²) >= 11 is 0. The molecular formula is C7H15N3O. The fourth-order valence-corrected chi connectivity index (χ4v) is 1.21. The van der Waals surface area contributed by atoms with Gasteiger partial charge in [0.2, 0.25) is 5.96 Å². The van der Waals surface area contributed by atoms with Gasteiger partial charge in [0.15, 0.2) is 0 Å². The number of hydrogen-bond acceptors (Lipinski definition) is 2. The first-order valence-corrected chi connectivity index (χ1v) is 3.86. The standard InChI is InChI=1S/C7H15N3O/c1-5(2)7(3-4-7)9-6(8)10-11/h5,11H,3-4H2,1-2H3,(H3,8,9,10). The van der Waals surface area contributed by atoms with E-state index in [2.05, 4.69) is 18.8 Å². The van der Waals surface area contributed by atoms with Crippen LogP contribution in [0.25, 0.3) is 0 Å².